The highest BCUT2D eigenvalue weighted by molar-refractivity contribution is 5.66. The van der Waals surface area contributed by atoms with E-state index < -0.39 is 5.97 Å². The molecule has 0 fully saturated rings. The van der Waals surface area contributed by atoms with Gasteiger partial charge in [0, 0.05) is 19.2 Å². The topological polar surface area (TPSA) is 55.1 Å². The molecule has 0 aliphatic rings. The number of imidazole rings is 1. The van der Waals surface area contributed by atoms with Gasteiger partial charge >= 0.3 is 5.97 Å². The Labute approximate surface area is 77.2 Å². The van der Waals surface area contributed by atoms with Crippen molar-refractivity contribution >= 4 is 5.97 Å². The van der Waals surface area contributed by atoms with Crippen LogP contribution in [0.25, 0.3) is 0 Å². The summed E-state index contributed by atoms with van der Waals surface area (Å²) in [5.41, 5.74) is 0. The Hall–Kier alpha value is -1.32. The van der Waals surface area contributed by atoms with Gasteiger partial charge in [-0.25, -0.2) is 4.98 Å². The number of carboxylic acid groups (broad SMARTS) is 1. The van der Waals surface area contributed by atoms with E-state index >= 15 is 0 Å². The molecule has 0 aliphatic carbocycles. The first-order valence-corrected chi connectivity index (χ1v) is 4.38. The molecule has 0 aromatic carbocycles. The lowest BCUT2D eigenvalue weighted by atomic mass is 10.2. The van der Waals surface area contributed by atoms with Gasteiger partial charge in [0.25, 0.3) is 0 Å². The fourth-order valence-corrected chi connectivity index (χ4v) is 1.12. The van der Waals surface area contributed by atoms with E-state index in [2.05, 4.69) is 11.2 Å². The van der Waals surface area contributed by atoms with Gasteiger partial charge < -0.3 is 9.67 Å². The number of hydrogen-bond donors (Lipinski definition) is 1. The van der Waals surface area contributed by atoms with Gasteiger partial charge in [0.1, 0.15) is 6.20 Å². The van der Waals surface area contributed by atoms with E-state index in [-0.39, 0.29) is 6.42 Å². The summed E-state index contributed by atoms with van der Waals surface area (Å²) in [5, 5.41) is 8.38. The molecule has 1 aromatic heterocycles. The number of aromatic nitrogens is 2. The van der Waals surface area contributed by atoms with Crippen molar-refractivity contribution in [1.29, 1.82) is 0 Å². The highest BCUT2D eigenvalue weighted by Crippen LogP contribution is 2.01. The predicted molar refractivity (Wildman–Crippen MR) is 47.2 cm³/mol. The lowest BCUT2D eigenvalue weighted by Gasteiger charge is -2.00. The van der Waals surface area contributed by atoms with Crippen LogP contribution in [-0.4, -0.2) is 20.6 Å². The first-order valence-electron chi connectivity index (χ1n) is 4.38. The molecule has 0 amide bonds. The molecule has 1 radical (unpaired) electrons. The van der Waals surface area contributed by atoms with Gasteiger partial charge in [-0.15, -0.1) is 0 Å². The molecule has 1 aromatic rings. The average molecular weight is 181 g/mol. The smallest absolute Gasteiger partial charge is 0.303 e. The Morgan fingerprint density at radius 1 is 1.46 bits per heavy atom. The van der Waals surface area contributed by atoms with Crippen molar-refractivity contribution in [3.63, 3.8) is 0 Å². The van der Waals surface area contributed by atoms with Crippen molar-refractivity contribution in [2.24, 2.45) is 0 Å². The molecule has 4 heteroatoms. The van der Waals surface area contributed by atoms with Crippen molar-refractivity contribution in [3.05, 3.63) is 18.7 Å². The van der Waals surface area contributed by atoms with Crippen molar-refractivity contribution in [2.45, 2.75) is 32.2 Å². The average Bonchev–Trinajstić information content (AvgIpc) is 2.55. The summed E-state index contributed by atoms with van der Waals surface area (Å²) in [4.78, 5) is 14.0. The van der Waals surface area contributed by atoms with Crippen molar-refractivity contribution in [2.75, 3.05) is 0 Å². The van der Waals surface area contributed by atoms with Crippen molar-refractivity contribution < 1.29 is 9.90 Å². The standard InChI is InChI=1S/C9H13N2O2/c12-9(13)4-2-1-3-6-11-7-5-10-8-11/h7-8H,1-4,6H2,(H,12,13). The van der Waals surface area contributed by atoms with Crippen LogP contribution in [0.1, 0.15) is 25.7 Å². The molecule has 0 saturated heterocycles. The van der Waals surface area contributed by atoms with Gasteiger partial charge in [0.05, 0.1) is 6.33 Å². The number of carbonyl (C=O) groups is 1. The molecule has 13 heavy (non-hydrogen) atoms. The minimum Gasteiger partial charge on any atom is -0.481 e. The number of unbranched alkanes of at least 4 members (excludes halogenated alkanes) is 2. The maximum Gasteiger partial charge on any atom is 0.303 e. The Balaban J connectivity index is 1.99. The molecule has 71 valence electrons. The molecule has 0 bridgehead atoms. The van der Waals surface area contributed by atoms with Crippen molar-refractivity contribution in [3.8, 4) is 0 Å². The van der Waals surface area contributed by atoms with E-state index in [1.165, 1.54) is 0 Å². The van der Waals surface area contributed by atoms with Crippen LogP contribution >= 0.6 is 0 Å². The van der Waals surface area contributed by atoms with E-state index in [9.17, 15) is 4.79 Å². The van der Waals surface area contributed by atoms with E-state index in [1.54, 1.807) is 12.5 Å². The Morgan fingerprint density at radius 3 is 2.92 bits per heavy atom. The molecule has 0 saturated carbocycles. The van der Waals surface area contributed by atoms with Crippen LogP contribution in [0.3, 0.4) is 0 Å². The van der Waals surface area contributed by atoms with Gasteiger partial charge in [-0.1, -0.05) is 6.42 Å². The second kappa shape index (κ2) is 5.35. The first kappa shape index (κ1) is 9.77. The molecule has 0 spiro atoms. The highest BCUT2D eigenvalue weighted by Gasteiger charge is 1.96. The van der Waals surface area contributed by atoms with E-state index in [0.29, 0.717) is 0 Å². The summed E-state index contributed by atoms with van der Waals surface area (Å²) >= 11 is 0. The van der Waals surface area contributed by atoms with Gasteiger partial charge in [0.2, 0.25) is 0 Å². The van der Waals surface area contributed by atoms with Crippen LogP contribution in [0.15, 0.2) is 12.5 Å². The van der Waals surface area contributed by atoms with Gasteiger partial charge in [-0.3, -0.25) is 4.79 Å². The number of carboxylic acids is 1. The number of aliphatic carboxylic acids is 1. The molecule has 1 rings (SSSR count). The zero-order valence-corrected chi connectivity index (χ0v) is 7.44. The van der Waals surface area contributed by atoms with Crippen LogP contribution in [0.2, 0.25) is 0 Å². The number of nitrogens with zero attached hydrogens (tertiary/aromatic N) is 2. The number of hydrogen-bond acceptors (Lipinski definition) is 2. The third-order valence-corrected chi connectivity index (χ3v) is 1.81. The predicted octanol–water partition coefficient (Wildman–Crippen LogP) is 1.33. The highest BCUT2D eigenvalue weighted by atomic mass is 16.4. The van der Waals surface area contributed by atoms with Crippen LogP contribution < -0.4 is 0 Å². The van der Waals surface area contributed by atoms with E-state index in [4.69, 9.17) is 5.11 Å². The van der Waals surface area contributed by atoms with Crippen LogP contribution in [0.4, 0.5) is 0 Å². The summed E-state index contributed by atoms with van der Waals surface area (Å²) in [6.45, 7) is 0.899. The van der Waals surface area contributed by atoms with Gasteiger partial charge in [-0.05, 0) is 12.8 Å². The second-order valence-corrected chi connectivity index (χ2v) is 2.94. The van der Waals surface area contributed by atoms with Gasteiger partial charge in [0.15, 0.2) is 0 Å². The van der Waals surface area contributed by atoms with Crippen molar-refractivity contribution in [1.82, 2.24) is 9.55 Å². The maximum atomic E-state index is 10.2. The maximum absolute atomic E-state index is 10.2. The lowest BCUT2D eigenvalue weighted by Crippen LogP contribution is -1.97. The summed E-state index contributed by atoms with van der Waals surface area (Å²) in [5.74, 6) is -0.712. The SMILES string of the molecule is O=C(O)CCCCCn1c[c]nc1. The summed E-state index contributed by atoms with van der Waals surface area (Å²) in [6.07, 6.45) is 9.19. The van der Waals surface area contributed by atoms with Gasteiger partial charge in [-0.2, -0.15) is 0 Å². The zero-order valence-electron chi connectivity index (χ0n) is 7.44. The molecular weight excluding hydrogens is 168 g/mol. The summed E-state index contributed by atoms with van der Waals surface area (Å²) in [6, 6.07) is 0. The molecule has 0 atom stereocenters. The zero-order chi connectivity index (χ0) is 9.52. The molecule has 4 nitrogen and oxygen atoms in total. The number of aryl methyl sites for hydroxylation is 1. The summed E-state index contributed by atoms with van der Waals surface area (Å²) in [7, 11) is 0. The van der Waals surface area contributed by atoms with Crippen LogP contribution in [0, 0.1) is 6.20 Å². The molecule has 1 heterocycles. The Morgan fingerprint density at radius 2 is 2.31 bits per heavy atom. The fourth-order valence-electron chi connectivity index (χ4n) is 1.12. The normalized spacial score (nSPS) is 10.2. The molecule has 1 N–H and O–H groups in total. The minimum absolute atomic E-state index is 0.274. The fraction of sp³-hybridized carbons (Fsp3) is 0.556. The third kappa shape index (κ3) is 4.30. The first-order chi connectivity index (χ1) is 6.29. The third-order valence-electron chi connectivity index (χ3n) is 1.81. The molecule has 0 unspecified atom stereocenters. The minimum atomic E-state index is -0.712. The van der Waals surface area contributed by atoms with Crippen LogP contribution in [0.5, 0.6) is 0 Å². The quantitative estimate of drug-likeness (QED) is 0.673. The largest absolute Gasteiger partial charge is 0.481 e. The lowest BCUT2D eigenvalue weighted by molar-refractivity contribution is -0.137. The Bertz CT molecular complexity index is 244. The van der Waals surface area contributed by atoms with Crippen LogP contribution in [-0.2, 0) is 11.3 Å². The second-order valence-electron chi connectivity index (χ2n) is 2.94. The van der Waals surface area contributed by atoms with E-state index in [0.717, 1.165) is 25.8 Å². The van der Waals surface area contributed by atoms with E-state index in [1.807, 2.05) is 4.57 Å². The molecular formula is C9H13N2O2. The number of rotatable bonds is 6. The Kier molecular flexibility index (Phi) is 4.02. The monoisotopic (exact) mass is 181 g/mol. The summed E-state index contributed by atoms with van der Waals surface area (Å²) < 4.78 is 1.95. The molecule has 0 aliphatic heterocycles.